The average Bonchev–Trinajstić information content (AvgIpc) is 3.07. The van der Waals surface area contributed by atoms with Crippen LogP contribution in [0.5, 0.6) is 0 Å². The number of carboxylic acid groups (broad SMARTS) is 1. The summed E-state index contributed by atoms with van der Waals surface area (Å²) in [5.74, 6) is -0.738. The fraction of sp³-hybridized carbons (Fsp3) is 0.263. The first-order chi connectivity index (χ1) is 11.3. The Labute approximate surface area is 140 Å². The maximum Gasteiger partial charge on any atom is 0.352 e. The molecule has 1 aromatic heterocycles. The van der Waals surface area contributed by atoms with Gasteiger partial charge in [0.1, 0.15) is 11.5 Å². The summed E-state index contributed by atoms with van der Waals surface area (Å²) in [6, 6.07) is 11.0. The van der Waals surface area contributed by atoms with Gasteiger partial charge in [-0.15, -0.1) is 0 Å². The number of hydrogen-bond donors (Lipinski definition) is 2. The van der Waals surface area contributed by atoms with Gasteiger partial charge in [-0.3, -0.25) is 4.79 Å². The van der Waals surface area contributed by atoms with Gasteiger partial charge in [0.25, 0.3) is 0 Å². The summed E-state index contributed by atoms with van der Waals surface area (Å²) in [7, 11) is 0. The van der Waals surface area contributed by atoms with E-state index in [1.54, 1.807) is 6.07 Å². The Morgan fingerprint density at radius 3 is 2.25 bits per heavy atom. The van der Waals surface area contributed by atoms with Crippen molar-refractivity contribution in [1.29, 1.82) is 0 Å². The van der Waals surface area contributed by atoms with Crippen LogP contribution in [0.3, 0.4) is 0 Å². The number of carbonyl (C=O) groups excluding carboxylic acids is 1. The normalized spacial score (nSPS) is 18.4. The number of hydrogen-bond acceptors (Lipinski definition) is 3. The maximum absolute atomic E-state index is 12.1. The molecule has 1 aromatic carbocycles. The Kier molecular flexibility index (Phi) is 3.79. The van der Waals surface area contributed by atoms with Crippen LogP contribution in [0.15, 0.2) is 42.2 Å². The molecule has 2 aromatic rings. The topological polar surface area (TPSA) is 79.4 Å². The van der Waals surface area contributed by atoms with E-state index in [-0.39, 0.29) is 11.7 Å². The van der Waals surface area contributed by atoms with E-state index in [1.807, 2.05) is 45.0 Å². The number of cyclic esters (lactones) is 1. The minimum atomic E-state index is -1.03. The molecule has 0 aliphatic carbocycles. The number of aromatic nitrogens is 1. The number of nitrogens with one attached hydrogen (secondary N) is 1. The molecule has 0 saturated carbocycles. The lowest BCUT2D eigenvalue weighted by Gasteiger charge is -2.11. The largest absolute Gasteiger partial charge is 0.477 e. The number of carboxylic acids is 1. The number of esters is 1. The van der Waals surface area contributed by atoms with Gasteiger partial charge in [-0.1, -0.05) is 29.8 Å². The van der Waals surface area contributed by atoms with Gasteiger partial charge in [0, 0.05) is 12.0 Å². The molecule has 1 fully saturated rings. The van der Waals surface area contributed by atoms with Gasteiger partial charge >= 0.3 is 11.9 Å². The quantitative estimate of drug-likeness (QED) is 0.842. The monoisotopic (exact) mass is 325 g/mol. The Morgan fingerprint density at radius 1 is 1.12 bits per heavy atom. The molecule has 1 saturated heterocycles. The molecule has 0 atom stereocenters. The second-order valence-corrected chi connectivity index (χ2v) is 6.71. The first-order valence-corrected chi connectivity index (χ1v) is 7.73. The van der Waals surface area contributed by atoms with E-state index in [9.17, 15) is 9.59 Å². The third-order valence-corrected chi connectivity index (χ3v) is 4.18. The number of allylic oxidation sites excluding steroid dienone is 1. The molecule has 0 radical (unpaired) electrons. The Morgan fingerprint density at radius 2 is 1.75 bits per heavy atom. The molecule has 2 N–H and O–H groups in total. The van der Waals surface area contributed by atoms with Crippen molar-refractivity contribution in [3.8, 4) is 0 Å². The lowest BCUT2D eigenvalue weighted by Crippen LogP contribution is -2.16. The molecule has 1 aliphatic rings. The molecular formula is C19H19NO4. The van der Waals surface area contributed by atoms with Crippen molar-refractivity contribution < 1.29 is 19.4 Å². The molecule has 1 aliphatic heterocycles. The molecule has 2 heterocycles. The van der Waals surface area contributed by atoms with Gasteiger partial charge in [-0.25, -0.2) is 4.79 Å². The molecule has 0 unspecified atom stereocenters. The third kappa shape index (κ3) is 2.85. The number of aryl methyl sites for hydroxylation is 1. The lowest BCUT2D eigenvalue weighted by atomic mass is 9.89. The van der Waals surface area contributed by atoms with Crippen molar-refractivity contribution in [1.82, 2.24) is 4.98 Å². The van der Waals surface area contributed by atoms with E-state index >= 15 is 0 Å². The van der Waals surface area contributed by atoms with Gasteiger partial charge in [-0.05, 0) is 38.5 Å². The van der Waals surface area contributed by atoms with Crippen molar-refractivity contribution in [3.63, 3.8) is 0 Å². The van der Waals surface area contributed by atoms with Crippen LogP contribution in [0.4, 0.5) is 0 Å². The van der Waals surface area contributed by atoms with E-state index in [0.717, 1.165) is 16.7 Å². The van der Waals surface area contributed by atoms with Crippen molar-refractivity contribution in [3.05, 3.63) is 64.7 Å². The highest BCUT2D eigenvalue weighted by Gasteiger charge is 2.40. The zero-order valence-corrected chi connectivity index (χ0v) is 13.8. The first-order valence-electron chi connectivity index (χ1n) is 7.73. The number of aromatic amines is 1. The van der Waals surface area contributed by atoms with Gasteiger partial charge in [0.2, 0.25) is 0 Å². The Hall–Kier alpha value is -2.82. The van der Waals surface area contributed by atoms with Crippen LogP contribution in [0, 0.1) is 12.3 Å². The Balaban J connectivity index is 2.16. The van der Waals surface area contributed by atoms with Crippen LogP contribution >= 0.6 is 0 Å². The fourth-order valence-electron chi connectivity index (χ4n) is 2.75. The standard InChI is InChI=1S/C19H19NO4/c1-11-4-6-12(7-5-11)16(13-8-9-14(20-13)17(21)22)15-10-19(2,3)18(23)24-15/h4-9,20H,10H2,1-3H3,(H,21,22). The molecule has 0 amide bonds. The second-order valence-electron chi connectivity index (χ2n) is 6.71. The molecule has 124 valence electrons. The summed E-state index contributed by atoms with van der Waals surface area (Å²) in [5.41, 5.74) is 2.84. The number of ether oxygens (including phenoxy) is 1. The van der Waals surface area contributed by atoms with Crippen LogP contribution < -0.4 is 0 Å². The molecular weight excluding hydrogens is 306 g/mol. The van der Waals surface area contributed by atoms with Crippen molar-refractivity contribution >= 4 is 17.5 Å². The summed E-state index contributed by atoms with van der Waals surface area (Å²) < 4.78 is 5.52. The number of aromatic carboxylic acids is 1. The van der Waals surface area contributed by atoms with E-state index in [2.05, 4.69) is 4.98 Å². The molecule has 0 spiro atoms. The molecule has 0 bridgehead atoms. The van der Waals surface area contributed by atoms with E-state index in [1.165, 1.54) is 6.07 Å². The minimum absolute atomic E-state index is 0.0961. The maximum atomic E-state index is 12.1. The second kappa shape index (κ2) is 5.67. The van der Waals surface area contributed by atoms with E-state index < -0.39 is 11.4 Å². The highest BCUT2D eigenvalue weighted by atomic mass is 16.5. The molecule has 5 heteroatoms. The summed E-state index contributed by atoms with van der Waals surface area (Å²) >= 11 is 0. The van der Waals surface area contributed by atoms with Gasteiger partial charge < -0.3 is 14.8 Å². The summed E-state index contributed by atoms with van der Waals surface area (Å²) in [6.45, 7) is 5.67. The zero-order valence-electron chi connectivity index (χ0n) is 13.8. The summed E-state index contributed by atoms with van der Waals surface area (Å²) in [4.78, 5) is 26.1. The van der Waals surface area contributed by atoms with Crippen LogP contribution in [0.2, 0.25) is 0 Å². The predicted molar refractivity (Wildman–Crippen MR) is 89.4 cm³/mol. The van der Waals surface area contributed by atoms with Gasteiger partial charge in [-0.2, -0.15) is 0 Å². The van der Waals surface area contributed by atoms with Gasteiger partial charge in [0.05, 0.1) is 11.1 Å². The number of benzene rings is 1. The lowest BCUT2D eigenvalue weighted by molar-refractivity contribution is -0.142. The molecule has 5 nitrogen and oxygen atoms in total. The van der Waals surface area contributed by atoms with Crippen LogP contribution in [0.25, 0.3) is 5.57 Å². The van der Waals surface area contributed by atoms with Crippen molar-refractivity contribution in [2.24, 2.45) is 5.41 Å². The zero-order chi connectivity index (χ0) is 17.5. The van der Waals surface area contributed by atoms with E-state index in [4.69, 9.17) is 9.84 Å². The van der Waals surface area contributed by atoms with Crippen LogP contribution in [-0.4, -0.2) is 22.0 Å². The fourth-order valence-corrected chi connectivity index (χ4v) is 2.75. The average molecular weight is 325 g/mol. The number of H-pyrrole nitrogens is 1. The van der Waals surface area contributed by atoms with Gasteiger partial charge in [0.15, 0.2) is 0 Å². The first kappa shape index (κ1) is 16.1. The minimum Gasteiger partial charge on any atom is -0.477 e. The molecule has 3 rings (SSSR count). The van der Waals surface area contributed by atoms with E-state index in [0.29, 0.717) is 17.9 Å². The smallest absolute Gasteiger partial charge is 0.352 e. The van der Waals surface area contributed by atoms with Crippen LogP contribution in [0.1, 0.15) is 47.6 Å². The van der Waals surface area contributed by atoms with Crippen molar-refractivity contribution in [2.75, 3.05) is 0 Å². The highest BCUT2D eigenvalue weighted by molar-refractivity contribution is 5.90. The third-order valence-electron chi connectivity index (χ3n) is 4.18. The molecule has 24 heavy (non-hydrogen) atoms. The highest BCUT2D eigenvalue weighted by Crippen LogP contribution is 2.41. The SMILES string of the molecule is Cc1ccc(C(=C2CC(C)(C)C(=O)O2)c2ccc(C(=O)O)[nH]2)cc1. The summed E-state index contributed by atoms with van der Waals surface area (Å²) in [6.07, 6.45) is 0.469. The summed E-state index contributed by atoms with van der Waals surface area (Å²) in [5, 5.41) is 9.14. The number of rotatable bonds is 3. The number of carbonyl (C=O) groups is 2. The predicted octanol–water partition coefficient (Wildman–Crippen LogP) is 3.75. The Bertz CT molecular complexity index is 841. The van der Waals surface area contributed by atoms with Crippen LogP contribution in [-0.2, 0) is 9.53 Å². The van der Waals surface area contributed by atoms with Crippen molar-refractivity contribution in [2.45, 2.75) is 27.2 Å².